The SMILES string of the molecule is C=CC(=O)NCc1ccc(C(=O)N2C[C@@H](C(=O)OC)[C@H](C3CC3)C2)cc1. The summed E-state index contributed by atoms with van der Waals surface area (Å²) in [6.07, 6.45) is 3.48. The molecule has 138 valence electrons. The van der Waals surface area contributed by atoms with Crippen molar-refractivity contribution >= 4 is 17.8 Å². The van der Waals surface area contributed by atoms with E-state index in [0.717, 1.165) is 18.4 Å². The minimum Gasteiger partial charge on any atom is -0.469 e. The Morgan fingerprint density at radius 1 is 1.23 bits per heavy atom. The lowest BCUT2D eigenvalue weighted by Crippen LogP contribution is -2.30. The van der Waals surface area contributed by atoms with Crippen LogP contribution in [0.5, 0.6) is 0 Å². The summed E-state index contributed by atoms with van der Waals surface area (Å²) >= 11 is 0. The molecule has 1 N–H and O–H groups in total. The molecule has 2 aliphatic rings. The topological polar surface area (TPSA) is 75.7 Å². The minimum absolute atomic E-state index is 0.0660. The number of nitrogens with one attached hydrogen (secondary N) is 1. The molecule has 1 heterocycles. The molecule has 1 aromatic rings. The van der Waals surface area contributed by atoms with Gasteiger partial charge >= 0.3 is 5.97 Å². The van der Waals surface area contributed by atoms with E-state index in [-0.39, 0.29) is 29.6 Å². The molecule has 26 heavy (non-hydrogen) atoms. The third-order valence-electron chi connectivity index (χ3n) is 5.24. The molecule has 6 nitrogen and oxygen atoms in total. The molecule has 0 spiro atoms. The smallest absolute Gasteiger partial charge is 0.310 e. The van der Waals surface area contributed by atoms with E-state index in [1.165, 1.54) is 13.2 Å². The fraction of sp³-hybridized carbons (Fsp3) is 0.450. The first-order valence-electron chi connectivity index (χ1n) is 8.89. The van der Waals surface area contributed by atoms with Crippen LogP contribution in [-0.4, -0.2) is 42.9 Å². The number of nitrogens with zero attached hydrogens (tertiary/aromatic N) is 1. The van der Waals surface area contributed by atoms with E-state index in [0.29, 0.717) is 31.1 Å². The van der Waals surface area contributed by atoms with Gasteiger partial charge in [-0.05, 0) is 48.4 Å². The molecular formula is C20H24N2O4. The Kier molecular flexibility index (Phi) is 5.40. The first-order chi connectivity index (χ1) is 12.5. The van der Waals surface area contributed by atoms with Crippen molar-refractivity contribution in [3.8, 4) is 0 Å². The highest BCUT2D eigenvalue weighted by Crippen LogP contribution is 2.44. The molecule has 0 radical (unpaired) electrons. The van der Waals surface area contributed by atoms with Gasteiger partial charge in [-0.15, -0.1) is 0 Å². The number of hydrogen-bond acceptors (Lipinski definition) is 4. The van der Waals surface area contributed by atoms with E-state index in [1.54, 1.807) is 17.0 Å². The normalized spacial score (nSPS) is 22.0. The van der Waals surface area contributed by atoms with Crippen LogP contribution in [-0.2, 0) is 20.9 Å². The largest absolute Gasteiger partial charge is 0.469 e. The van der Waals surface area contributed by atoms with Crippen molar-refractivity contribution in [2.45, 2.75) is 19.4 Å². The van der Waals surface area contributed by atoms with Gasteiger partial charge in [-0.25, -0.2) is 0 Å². The summed E-state index contributed by atoms with van der Waals surface area (Å²) in [7, 11) is 1.40. The number of ether oxygens (including phenoxy) is 1. The molecule has 0 bridgehead atoms. The van der Waals surface area contributed by atoms with Gasteiger partial charge in [0.15, 0.2) is 0 Å². The summed E-state index contributed by atoms with van der Waals surface area (Å²) in [5.74, 6) is 0.00815. The summed E-state index contributed by atoms with van der Waals surface area (Å²) in [6, 6.07) is 7.16. The van der Waals surface area contributed by atoms with Crippen molar-refractivity contribution in [1.82, 2.24) is 10.2 Å². The Morgan fingerprint density at radius 3 is 2.50 bits per heavy atom. The molecule has 2 atom stereocenters. The maximum absolute atomic E-state index is 12.8. The molecule has 1 saturated heterocycles. The number of methoxy groups -OCH3 is 1. The second-order valence-electron chi connectivity index (χ2n) is 6.96. The average molecular weight is 356 g/mol. The number of likely N-dealkylation sites (tertiary alicyclic amines) is 1. The van der Waals surface area contributed by atoms with Crippen molar-refractivity contribution in [2.24, 2.45) is 17.8 Å². The molecular weight excluding hydrogens is 332 g/mol. The van der Waals surface area contributed by atoms with Crippen LogP contribution in [0.1, 0.15) is 28.8 Å². The maximum Gasteiger partial charge on any atom is 0.310 e. The van der Waals surface area contributed by atoms with Crippen molar-refractivity contribution in [3.63, 3.8) is 0 Å². The van der Waals surface area contributed by atoms with Gasteiger partial charge < -0.3 is 15.0 Å². The minimum atomic E-state index is -0.234. The molecule has 0 aromatic heterocycles. The fourth-order valence-electron chi connectivity index (χ4n) is 3.61. The Balaban J connectivity index is 1.64. The van der Waals surface area contributed by atoms with E-state index in [2.05, 4.69) is 11.9 Å². The standard InChI is InChI=1S/C20H24N2O4/c1-3-18(23)21-10-13-4-6-15(7-5-13)19(24)22-11-16(14-8-9-14)17(12-22)20(25)26-2/h3-7,14,16-17H,1,8-12H2,2H3,(H,21,23)/t16-,17+/m0/s1. The second-order valence-corrected chi connectivity index (χ2v) is 6.96. The number of esters is 1. The first kappa shape index (κ1) is 18.2. The van der Waals surface area contributed by atoms with Crippen LogP contribution in [0, 0.1) is 17.8 Å². The Morgan fingerprint density at radius 2 is 1.92 bits per heavy atom. The van der Waals surface area contributed by atoms with Gasteiger partial charge in [-0.1, -0.05) is 18.7 Å². The van der Waals surface area contributed by atoms with Crippen molar-refractivity contribution in [1.29, 1.82) is 0 Å². The lowest BCUT2D eigenvalue weighted by molar-refractivity contribution is -0.146. The fourth-order valence-corrected chi connectivity index (χ4v) is 3.61. The van der Waals surface area contributed by atoms with E-state index in [4.69, 9.17) is 4.74 Å². The van der Waals surface area contributed by atoms with Crippen LogP contribution < -0.4 is 5.32 Å². The van der Waals surface area contributed by atoms with Crippen LogP contribution in [0.3, 0.4) is 0 Å². The van der Waals surface area contributed by atoms with Crippen molar-refractivity contribution in [2.75, 3.05) is 20.2 Å². The molecule has 1 saturated carbocycles. The Labute approximate surface area is 153 Å². The number of benzene rings is 1. The summed E-state index contributed by atoms with van der Waals surface area (Å²) in [4.78, 5) is 37.8. The molecule has 1 aliphatic heterocycles. The predicted octanol–water partition coefficient (Wildman–Crippen LogP) is 1.76. The zero-order valence-corrected chi connectivity index (χ0v) is 14.9. The first-order valence-corrected chi connectivity index (χ1v) is 8.89. The number of carbonyl (C=O) groups excluding carboxylic acids is 3. The highest BCUT2D eigenvalue weighted by Gasteiger charge is 2.47. The number of hydrogen-bond donors (Lipinski definition) is 1. The van der Waals surface area contributed by atoms with Crippen molar-refractivity contribution < 1.29 is 19.1 Å². The highest BCUT2D eigenvalue weighted by atomic mass is 16.5. The van der Waals surface area contributed by atoms with Gasteiger partial charge in [-0.3, -0.25) is 14.4 Å². The van der Waals surface area contributed by atoms with Crippen LogP contribution in [0.15, 0.2) is 36.9 Å². The van der Waals surface area contributed by atoms with Crippen LogP contribution in [0.2, 0.25) is 0 Å². The number of rotatable bonds is 6. The van der Waals surface area contributed by atoms with Crippen molar-refractivity contribution in [3.05, 3.63) is 48.0 Å². The van der Waals surface area contributed by atoms with Crippen LogP contribution in [0.25, 0.3) is 0 Å². The highest BCUT2D eigenvalue weighted by molar-refractivity contribution is 5.95. The number of amides is 2. The van der Waals surface area contributed by atoms with Gasteiger partial charge in [-0.2, -0.15) is 0 Å². The van der Waals surface area contributed by atoms with Crippen LogP contribution >= 0.6 is 0 Å². The van der Waals surface area contributed by atoms with Gasteiger partial charge in [0.25, 0.3) is 5.91 Å². The molecule has 1 aliphatic carbocycles. The Bertz CT molecular complexity index is 709. The van der Waals surface area contributed by atoms with E-state index < -0.39 is 0 Å². The van der Waals surface area contributed by atoms with Gasteiger partial charge in [0, 0.05) is 25.2 Å². The monoisotopic (exact) mass is 356 g/mol. The van der Waals surface area contributed by atoms with Gasteiger partial charge in [0.2, 0.25) is 5.91 Å². The third-order valence-corrected chi connectivity index (χ3v) is 5.24. The van der Waals surface area contributed by atoms with Crippen LogP contribution in [0.4, 0.5) is 0 Å². The molecule has 6 heteroatoms. The summed E-state index contributed by atoms with van der Waals surface area (Å²) in [5.41, 5.74) is 1.49. The predicted molar refractivity (Wildman–Crippen MR) is 96.1 cm³/mol. The lowest BCUT2D eigenvalue weighted by Gasteiger charge is -2.16. The average Bonchev–Trinajstić information content (AvgIpc) is 3.43. The zero-order valence-electron chi connectivity index (χ0n) is 14.9. The summed E-state index contributed by atoms with van der Waals surface area (Å²) in [6.45, 7) is 4.82. The molecule has 2 amide bonds. The lowest BCUT2D eigenvalue weighted by atomic mass is 9.92. The van der Waals surface area contributed by atoms with Gasteiger partial charge in [0.1, 0.15) is 0 Å². The van der Waals surface area contributed by atoms with E-state index in [9.17, 15) is 14.4 Å². The van der Waals surface area contributed by atoms with E-state index >= 15 is 0 Å². The molecule has 1 aromatic carbocycles. The third kappa shape index (κ3) is 3.95. The maximum atomic E-state index is 12.8. The van der Waals surface area contributed by atoms with Gasteiger partial charge in [0.05, 0.1) is 13.0 Å². The molecule has 3 rings (SSSR count). The quantitative estimate of drug-likeness (QED) is 0.622. The second kappa shape index (κ2) is 7.72. The summed E-state index contributed by atoms with van der Waals surface area (Å²) in [5, 5.41) is 2.70. The number of carbonyl (C=O) groups is 3. The zero-order chi connectivity index (χ0) is 18.7. The Hall–Kier alpha value is -2.63. The van der Waals surface area contributed by atoms with E-state index in [1.807, 2.05) is 12.1 Å². The molecule has 0 unspecified atom stereocenters. The molecule has 2 fully saturated rings. The summed E-state index contributed by atoms with van der Waals surface area (Å²) < 4.78 is 4.93.